The van der Waals surface area contributed by atoms with Crippen LogP contribution in [0.4, 0.5) is 22.0 Å². The molecule has 21 heavy (non-hydrogen) atoms. The Morgan fingerprint density at radius 1 is 1.14 bits per heavy atom. The van der Waals surface area contributed by atoms with Crippen LogP contribution in [-0.4, -0.2) is 18.7 Å². The van der Waals surface area contributed by atoms with Crippen molar-refractivity contribution >= 4 is 6.08 Å². The zero-order chi connectivity index (χ0) is 15.9. The second-order valence-electron chi connectivity index (χ2n) is 3.92. The topological polar surface area (TPSA) is 9.23 Å². The van der Waals surface area contributed by atoms with E-state index in [0.29, 0.717) is 0 Å². The molecule has 6 heteroatoms. The van der Waals surface area contributed by atoms with Crippen molar-refractivity contribution in [1.29, 1.82) is 0 Å². The van der Waals surface area contributed by atoms with E-state index < -0.39 is 17.9 Å². The highest BCUT2D eigenvalue weighted by molar-refractivity contribution is 5.50. The summed E-state index contributed by atoms with van der Waals surface area (Å²) >= 11 is 0. The Kier molecular flexibility index (Phi) is 5.73. The van der Waals surface area contributed by atoms with E-state index in [1.807, 2.05) is 5.73 Å². The SMILES string of the molecule is CCOC(=C=C/C=C/c1ccccc1)C(F)(F)C(F)(F)F. The van der Waals surface area contributed by atoms with Gasteiger partial charge in [0.1, 0.15) is 0 Å². The summed E-state index contributed by atoms with van der Waals surface area (Å²) in [7, 11) is 0. The summed E-state index contributed by atoms with van der Waals surface area (Å²) < 4.78 is 67.4. The van der Waals surface area contributed by atoms with Crippen molar-refractivity contribution in [3.8, 4) is 0 Å². The zero-order valence-electron chi connectivity index (χ0n) is 11.1. The molecule has 0 aromatic heterocycles. The molecule has 0 aliphatic rings. The third kappa shape index (κ3) is 4.76. The molecule has 0 aliphatic heterocycles. The van der Waals surface area contributed by atoms with E-state index in [9.17, 15) is 22.0 Å². The molecule has 1 rings (SSSR count). The summed E-state index contributed by atoms with van der Waals surface area (Å²) in [5, 5.41) is 0. The van der Waals surface area contributed by atoms with Crippen LogP contribution in [0, 0.1) is 0 Å². The van der Waals surface area contributed by atoms with Crippen LogP contribution in [0.25, 0.3) is 6.08 Å². The Morgan fingerprint density at radius 3 is 2.29 bits per heavy atom. The largest absolute Gasteiger partial charge is 0.484 e. The third-order valence-electron chi connectivity index (χ3n) is 2.33. The summed E-state index contributed by atoms with van der Waals surface area (Å²) in [4.78, 5) is 0. The van der Waals surface area contributed by atoms with Crippen LogP contribution >= 0.6 is 0 Å². The molecule has 0 aliphatic carbocycles. The van der Waals surface area contributed by atoms with Crippen molar-refractivity contribution in [3.05, 3.63) is 59.5 Å². The first-order valence-electron chi connectivity index (χ1n) is 6.05. The van der Waals surface area contributed by atoms with Gasteiger partial charge in [-0.15, -0.1) is 0 Å². The highest BCUT2D eigenvalue weighted by atomic mass is 19.4. The van der Waals surface area contributed by atoms with Crippen LogP contribution in [0.3, 0.4) is 0 Å². The maximum atomic E-state index is 13.1. The van der Waals surface area contributed by atoms with Gasteiger partial charge in [-0.2, -0.15) is 22.0 Å². The minimum absolute atomic E-state index is 0.315. The number of hydrogen-bond acceptors (Lipinski definition) is 1. The van der Waals surface area contributed by atoms with Gasteiger partial charge >= 0.3 is 12.1 Å². The smallest absolute Gasteiger partial charge is 0.462 e. The van der Waals surface area contributed by atoms with E-state index in [1.165, 1.54) is 13.0 Å². The Labute approximate surface area is 119 Å². The van der Waals surface area contributed by atoms with Crippen molar-refractivity contribution in [2.75, 3.05) is 6.61 Å². The average molecular weight is 304 g/mol. The normalized spacial score (nSPS) is 12.1. The fourth-order valence-electron chi connectivity index (χ4n) is 1.34. The number of allylic oxidation sites excluding steroid dienone is 2. The first kappa shape index (κ1) is 17.0. The van der Waals surface area contributed by atoms with E-state index in [4.69, 9.17) is 0 Å². The maximum Gasteiger partial charge on any atom is 0.462 e. The monoisotopic (exact) mass is 304 g/mol. The van der Waals surface area contributed by atoms with E-state index in [-0.39, 0.29) is 6.61 Å². The highest BCUT2D eigenvalue weighted by Crippen LogP contribution is 2.40. The van der Waals surface area contributed by atoms with Crippen LogP contribution in [0.1, 0.15) is 12.5 Å². The first-order chi connectivity index (χ1) is 9.79. The Morgan fingerprint density at radius 2 is 1.76 bits per heavy atom. The molecule has 114 valence electrons. The average Bonchev–Trinajstić information content (AvgIpc) is 2.42. The minimum Gasteiger partial charge on any atom is -0.484 e. The van der Waals surface area contributed by atoms with Gasteiger partial charge in [0, 0.05) is 0 Å². The summed E-state index contributed by atoms with van der Waals surface area (Å²) in [5.74, 6) is -6.62. The number of hydrogen-bond donors (Lipinski definition) is 0. The van der Waals surface area contributed by atoms with Crippen molar-refractivity contribution in [2.24, 2.45) is 0 Å². The molecule has 0 spiro atoms. The fourth-order valence-corrected chi connectivity index (χ4v) is 1.34. The van der Waals surface area contributed by atoms with Crippen LogP contribution < -0.4 is 0 Å². The molecule has 0 bridgehead atoms. The number of rotatable bonds is 5. The number of benzene rings is 1. The van der Waals surface area contributed by atoms with Crippen molar-refractivity contribution in [1.82, 2.24) is 0 Å². The molecule has 0 unspecified atom stereocenters. The van der Waals surface area contributed by atoms with E-state index in [0.717, 1.165) is 11.6 Å². The van der Waals surface area contributed by atoms with Gasteiger partial charge in [-0.05, 0) is 18.6 Å². The van der Waals surface area contributed by atoms with Gasteiger partial charge in [-0.3, -0.25) is 0 Å². The quantitative estimate of drug-likeness (QED) is 0.323. The molecule has 0 N–H and O–H groups in total. The Hall–Kier alpha value is -2.07. The summed E-state index contributed by atoms with van der Waals surface area (Å²) in [6, 6.07) is 8.83. The molecule has 1 nitrogen and oxygen atoms in total. The third-order valence-corrected chi connectivity index (χ3v) is 2.33. The first-order valence-corrected chi connectivity index (χ1v) is 6.05. The van der Waals surface area contributed by atoms with Crippen molar-refractivity contribution in [3.63, 3.8) is 0 Å². The van der Waals surface area contributed by atoms with Crippen LogP contribution in [-0.2, 0) is 4.74 Å². The van der Waals surface area contributed by atoms with E-state index >= 15 is 0 Å². The van der Waals surface area contributed by atoms with E-state index in [2.05, 4.69) is 4.74 Å². The van der Waals surface area contributed by atoms with E-state index in [1.54, 1.807) is 36.4 Å². The fraction of sp³-hybridized carbons (Fsp3) is 0.267. The van der Waals surface area contributed by atoms with Crippen LogP contribution in [0.2, 0.25) is 0 Å². The van der Waals surface area contributed by atoms with Gasteiger partial charge in [0.2, 0.25) is 5.76 Å². The molecule has 0 radical (unpaired) electrons. The summed E-state index contributed by atoms with van der Waals surface area (Å²) in [6.07, 6.45) is -1.91. The summed E-state index contributed by atoms with van der Waals surface area (Å²) in [6.45, 7) is 0.998. The lowest BCUT2D eigenvalue weighted by molar-refractivity contribution is -0.276. The second kappa shape index (κ2) is 7.09. The molecule has 0 heterocycles. The molecule has 0 amide bonds. The molecule has 0 saturated carbocycles. The van der Waals surface area contributed by atoms with Crippen molar-refractivity contribution < 1.29 is 26.7 Å². The lowest BCUT2D eigenvalue weighted by atomic mass is 10.2. The molecular formula is C15H13F5O. The predicted molar refractivity (Wildman–Crippen MR) is 69.7 cm³/mol. The van der Waals surface area contributed by atoms with Gasteiger partial charge in [0.15, 0.2) is 0 Å². The highest BCUT2D eigenvalue weighted by Gasteiger charge is 2.61. The maximum absolute atomic E-state index is 13.1. The number of alkyl halides is 5. The molecule has 0 atom stereocenters. The number of ether oxygens (including phenoxy) is 1. The zero-order valence-corrected chi connectivity index (χ0v) is 11.1. The van der Waals surface area contributed by atoms with Gasteiger partial charge in [-0.25, -0.2) is 0 Å². The van der Waals surface area contributed by atoms with Crippen molar-refractivity contribution in [2.45, 2.75) is 19.0 Å². The Bertz CT molecular complexity index is 537. The molecular weight excluding hydrogens is 291 g/mol. The standard InChI is InChI=1S/C15H13F5O/c1-2-21-13(14(16,17)15(18,19)20)11-7-6-10-12-8-4-3-5-9-12/h3-10H,2H2,1H3/b10-6+. The van der Waals surface area contributed by atoms with Crippen LogP contribution in [0.5, 0.6) is 0 Å². The Balaban J connectivity index is 3.00. The number of halogens is 5. The van der Waals surface area contributed by atoms with Gasteiger partial charge in [0.25, 0.3) is 0 Å². The molecule has 1 aromatic rings. The molecule has 1 aromatic carbocycles. The van der Waals surface area contributed by atoms with Gasteiger partial charge in [-0.1, -0.05) is 48.2 Å². The lowest BCUT2D eigenvalue weighted by Gasteiger charge is -2.20. The molecule has 0 saturated heterocycles. The predicted octanol–water partition coefficient (Wildman–Crippen LogP) is 4.97. The lowest BCUT2D eigenvalue weighted by Crippen LogP contribution is -2.38. The second-order valence-corrected chi connectivity index (χ2v) is 3.92. The summed E-state index contributed by atoms with van der Waals surface area (Å²) in [5.41, 5.74) is 2.62. The molecule has 0 fully saturated rings. The van der Waals surface area contributed by atoms with Gasteiger partial charge in [0.05, 0.1) is 6.61 Å². The van der Waals surface area contributed by atoms with Crippen LogP contribution in [0.15, 0.2) is 54.0 Å². The minimum atomic E-state index is -5.72. The van der Waals surface area contributed by atoms with Gasteiger partial charge < -0.3 is 4.74 Å².